The molecule has 1 fully saturated rings. The highest BCUT2D eigenvalue weighted by molar-refractivity contribution is 7.80. The molecule has 0 spiro atoms. The van der Waals surface area contributed by atoms with Crippen molar-refractivity contribution in [3.63, 3.8) is 0 Å². The number of carbonyl (C=O) groups excluding carboxylic acids is 1. The molecule has 1 aromatic carbocycles. The Morgan fingerprint density at radius 2 is 2.12 bits per heavy atom. The second-order valence-corrected chi connectivity index (χ2v) is 6.67. The number of hydrogen-bond acceptors (Lipinski definition) is 3. The van der Waals surface area contributed by atoms with Crippen LogP contribution in [0.25, 0.3) is 0 Å². The van der Waals surface area contributed by atoms with Crippen molar-refractivity contribution in [3.05, 3.63) is 30.1 Å². The van der Waals surface area contributed by atoms with Gasteiger partial charge in [0.1, 0.15) is 11.6 Å². The summed E-state index contributed by atoms with van der Waals surface area (Å²) in [5.41, 5.74) is 5.15. The topological polar surface area (TPSA) is 62.4 Å². The highest BCUT2D eigenvalue weighted by atomic mass is 32.1. The van der Waals surface area contributed by atoms with Gasteiger partial charge in [-0.15, -0.1) is 0 Å². The minimum atomic E-state index is -0.410. The fraction of sp³-hybridized carbons (Fsp3) is 0.529. The van der Waals surface area contributed by atoms with E-state index >= 15 is 0 Å². The summed E-state index contributed by atoms with van der Waals surface area (Å²) in [5.74, 6) is 0.690. The lowest BCUT2D eigenvalue weighted by atomic mass is 9.78. The zero-order chi connectivity index (χ0) is 17.5. The molecule has 0 radical (unpaired) electrons. The molecule has 1 aliphatic rings. The minimum Gasteiger partial charge on any atom is -0.484 e. The van der Waals surface area contributed by atoms with Gasteiger partial charge in [0.2, 0.25) is 0 Å². The lowest BCUT2D eigenvalue weighted by Crippen LogP contribution is -2.53. The van der Waals surface area contributed by atoms with Gasteiger partial charge in [-0.1, -0.05) is 32.8 Å². The summed E-state index contributed by atoms with van der Waals surface area (Å²) in [6, 6.07) is 5.95. The van der Waals surface area contributed by atoms with Crippen LogP contribution in [0.4, 0.5) is 4.39 Å². The van der Waals surface area contributed by atoms with E-state index in [0.717, 1.165) is 6.42 Å². The summed E-state index contributed by atoms with van der Waals surface area (Å²) in [5, 5.41) is 3.64. The number of rotatable bonds is 4. The van der Waals surface area contributed by atoms with Gasteiger partial charge in [0.05, 0.1) is 0 Å². The lowest BCUT2D eigenvalue weighted by Gasteiger charge is -2.35. The highest BCUT2D eigenvalue weighted by Crippen LogP contribution is 2.29. The van der Waals surface area contributed by atoms with E-state index in [9.17, 15) is 9.18 Å². The van der Waals surface area contributed by atoms with E-state index in [0.29, 0.717) is 28.7 Å². The summed E-state index contributed by atoms with van der Waals surface area (Å²) in [4.78, 5) is 11.7. The number of hydrogen-bond donors (Lipinski definition) is 3. The minimum absolute atomic E-state index is 0.226. The van der Waals surface area contributed by atoms with Crippen LogP contribution in [0.15, 0.2) is 24.3 Å². The van der Waals surface area contributed by atoms with Crippen molar-refractivity contribution < 1.29 is 13.9 Å². The Kier molecular flexibility index (Phi) is 6.78. The molecule has 5 nitrogen and oxygen atoms in total. The summed E-state index contributed by atoms with van der Waals surface area (Å²) in [7, 11) is 0. The quantitative estimate of drug-likeness (QED) is 0.574. The molecule has 1 aromatic rings. The van der Waals surface area contributed by atoms with Crippen LogP contribution in [0.5, 0.6) is 5.75 Å². The summed E-state index contributed by atoms with van der Waals surface area (Å²) >= 11 is 5.21. The lowest BCUT2D eigenvalue weighted by molar-refractivity contribution is -0.123. The van der Waals surface area contributed by atoms with Crippen LogP contribution in [-0.4, -0.2) is 23.7 Å². The van der Waals surface area contributed by atoms with E-state index in [1.54, 1.807) is 6.07 Å². The average Bonchev–Trinajstić information content (AvgIpc) is 2.55. The molecule has 0 saturated heterocycles. The normalized spacial score (nSPS) is 23.2. The maximum Gasteiger partial charge on any atom is 0.276 e. The van der Waals surface area contributed by atoms with Crippen LogP contribution >= 0.6 is 12.2 Å². The number of halogens is 1. The van der Waals surface area contributed by atoms with Gasteiger partial charge in [0.15, 0.2) is 11.7 Å². The standard InChI is InChI=1S/C17H24FN3O2S/c1-11-5-3-8-15(12(11)2)19-17(24)21-20-16(22)10-23-14-7-4-6-13(18)9-14/h4,6-7,9,11-12,15H,3,5,8,10H2,1-2H3,(H,20,22)(H2,19,21,24)/t11-,12+,15+/m0/s1. The van der Waals surface area contributed by atoms with Crippen molar-refractivity contribution in [2.75, 3.05) is 6.61 Å². The second kappa shape index (κ2) is 8.82. The molecule has 0 aromatic heterocycles. The molecular weight excluding hydrogens is 329 g/mol. The van der Waals surface area contributed by atoms with Gasteiger partial charge in [0, 0.05) is 12.1 Å². The van der Waals surface area contributed by atoms with Crippen molar-refractivity contribution in [3.8, 4) is 5.75 Å². The van der Waals surface area contributed by atoms with Gasteiger partial charge >= 0.3 is 0 Å². The van der Waals surface area contributed by atoms with E-state index < -0.39 is 11.7 Å². The molecule has 0 unspecified atom stereocenters. The Labute approximate surface area is 147 Å². The molecule has 2 rings (SSSR count). The third-order valence-corrected chi connectivity index (χ3v) is 4.72. The first-order chi connectivity index (χ1) is 11.5. The average molecular weight is 353 g/mol. The number of ether oxygens (including phenoxy) is 1. The maximum absolute atomic E-state index is 13.0. The number of carbonyl (C=O) groups is 1. The van der Waals surface area contributed by atoms with Gasteiger partial charge in [-0.2, -0.15) is 0 Å². The largest absolute Gasteiger partial charge is 0.484 e. The molecule has 0 heterocycles. The fourth-order valence-corrected chi connectivity index (χ4v) is 3.06. The Morgan fingerprint density at radius 1 is 1.33 bits per heavy atom. The number of thiocarbonyl (C=S) groups is 1. The summed E-state index contributed by atoms with van der Waals surface area (Å²) in [6.45, 7) is 4.24. The number of amides is 1. The summed E-state index contributed by atoms with van der Waals surface area (Å²) in [6.07, 6.45) is 3.50. The van der Waals surface area contributed by atoms with Crippen LogP contribution in [0.1, 0.15) is 33.1 Å². The Bertz CT molecular complexity index is 585. The Morgan fingerprint density at radius 3 is 2.88 bits per heavy atom. The molecule has 24 heavy (non-hydrogen) atoms. The maximum atomic E-state index is 13.0. The number of hydrazine groups is 1. The number of benzene rings is 1. The molecule has 1 amide bonds. The first kappa shape index (κ1) is 18.4. The molecule has 7 heteroatoms. The molecule has 0 bridgehead atoms. The molecule has 1 saturated carbocycles. The van der Waals surface area contributed by atoms with E-state index in [2.05, 4.69) is 30.0 Å². The van der Waals surface area contributed by atoms with Gasteiger partial charge in [-0.25, -0.2) is 4.39 Å². The molecule has 1 aliphatic carbocycles. The third kappa shape index (κ3) is 5.63. The highest BCUT2D eigenvalue weighted by Gasteiger charge is 2.27. The predicted octanol–water partition coefficient (Wildman–Crippen LogP) is 2.52. The molecule has 3 N–H and O–H groups in total. The monoisotopic (exact) mass is 353 g/mol. The van der Waals surface area contributed by atoms with Crippen molar-refractivity contribution in [2.24, 2.45) is 11.8 Å². The van der Waals surface area contributed by atoms with E-state index in [-0.39, 0.29) is 6.61 Å². The summed E-state index contributed by atoms with van der Waals surface area (Å²) < 4.78 is 18.2. The SMILES string of the molecule is C[C@@H]1[C@@H](C)CCC[C@H]1NC(=S)NNC(=O)COc1cccc(F)c1. The van der Waals surface area contributed by atoms with Crippen LogP contribution in [0.2, 0.25) is 0 Å². The molecular formula is C17H24FN3O2S. The zero-order valence-corrected chi connectivity index (χ0v) is 14.8. The third-order valence-electron chi connectivity index (χ3n) is 4.50. The predicted molar refractivity (Wildman–Crippen MR) is 94.9 cm³/mol. The van der Waals surface area contributed by atoms with Crippen LogP contribution in [0.3, 0.4) is 0 Å². The van der Waals surface area contributed by atoms with Crippen molar-refractivity contribution in [2.45, 2.75) is 39.2 Å². The van der Waals surface area contributed by atoms with Crippen LogP contribution in [-0.2, 0) is 4.79 Å². The molecule has 132 valence electrons. The molecule has 3 atom stereocenters. The Hall–Kier alpha value is -1.89. The van der Waals surface area contributed by atoms with Gasteiger partial charge in [-0.3, -0.25) is 15.6 Å². The first-order valence-electron chi connectivity index (χ1n) is 8.19. The van der Waals surface area contributed by atoms with Gasteiger partial charge in [-0.05, 0) is 42.6 Å². The number of nitrogens with one attached hydrogen (secondary N) is 3. The van der Waals surface area contributed by atoms with Crippen molar-refractivity contribution in [1.29, 1.82) is 0 Å². The van der Waals surface area contributed by atoms with Crippen molar-refractivity contribution in [1.82, 2.24) is 16.2 Å². The van der Waals surface area contributed by atoms with Crippen molar-refractivity contribution >= 4 is 23.2 Å². The Balaban J connectivity index is 1.68. The zero-order valence-electron chi connectivity index (χ0n) is 14.0. The van der Waals surface area contributed by atoms with E-state index in [4.69, 9.17) is 17.0 Å². The van der Waals surface area contributed by atoms with E-state index in [1.165, 1.54) is 31.0 Å². The van der Waals surface area contributed by atoms with Gasteiger partial charge in [0.25, 0.3) is 5.91 Å². The van der Waals surface area contributed by atoms with E-state index in [1.807, 2.05) is 0 Å². The molecule has 0 aliphatic heterocycles. The fourth-order valence-electron chi connectivity index (χ4n) is 2.86. The first-order valence-corrected chi connectivity index (χ1v) is 8.60. The van der Waals surface area contributed by atoms with Crippen LogP contribution < -0.4 is 20.9 Å². The van der Waals surface area contributed by atoms with Crippen LogP contribution in [0, 0.1) is 17.7 Å². The smallest absolute Gasteiger partial charge is 0.276 e. The van der Waals surface area contributed by atoms with Gasteiger partial charge < -0.3 is 10.1 Å². The second-order valence-electron chi connectivity index (χ2n) is 6.27.